The number of carbonyl (C=O) groups is 4. The minimum atomic E-state index is -2.14. The first-order valence-electron chi connectivity index (χ1n) is 10.5. The second kappa shape index (κ2) is 11.3. The van der Waals surface area contributed by atoms with E-state index >= 15 is 0 Å². The summed E-state index contributed by atoms with van der Waals surface area (Å²) in [4.78, 5) is 50.7. The molecule has 35 heavy (non-hydrogen) atoms. The van der Waals surface area contributed by atoms with Gasteiger partial charge in [0.05, 0.1) is 21.8 Å². The Balaban J connectivity index is 1.93. The molecule has 3 rings (SSSR count). The highest BCUT2D eigenvalue weighted by Gasteiger charge is 2.41. The number of esters is 2. The third kappa shape index (κ3) is 6.68. The molecule has 2 N–H and O–H groups in total. The first kappa shape index (κ1) is 25.5. The van der Waals surface area contributed by atoms with Crippen LogP contribution in [-0.4, -0.2) is 41.1 Å². The molecule has 0 spiro atoms. The number of carbonyl (C=O) groups excluding carboxylic acids is 3. The van der Waals surface area contributed by atoms with Gasteiger partial charge in [0.15, 0.2) is 0 Å². The lowest BCUT2D eigenvalue weighted by atomic mass is 10.1. The molecule has 0 aliphatic rings. The topological polar surface area (TPSA) is 119 Å². The van der Waals surface area contributed by atoms with Crippen LogP contribution in [0.1, 0.15) is 31.8 Å². The molecule has 1 amide bonds. The van der Waals surface area contributed by atoms with Crippen molar-refractivity contribution in [1.29, 1.82) is 0 Å². The van der Waals surface area contributed by atoms with Crippen molar-refractivity contribution in [3.05, 3.63) is 100 Å². The molecule has 0 bridgehead atoms. The third-order valence-electron chi connectivity index (χ3n) is 4.88. The lowest BCUT2D eigenvalue weighted by Crippen LogP contribution is -2.48. The number of rotatable bonds is 8. The Morgan fingerprint density at radius 1 is 0.771 bits per heavy atom. The van der Waals surface area contributed by atoms with Gasteiger partial charge in [-0.1, -0.05) is 59.1 Å². The monoisotopic (exact) mass is 495 g/mol. The van der Waals surface area contributed by atoms with Gasteiger partial charge in [0.25, 0.3) is 5.91 Å². The number of carboxylic acids is 1. The van der Waals surface area contributed by atoms with Crippen LogP contribution in [0.3, 0.4) is 0 Å². The lowest BCUT2D eigenvalue weighted by molar-refractivity contribution is -0.157. The number of benzene rings is 3. The van der Waals surface area contributed by atoms with Gasteiger partial charge >= 0.3 is 17.9 Å². The van der Waals surface area contributed by atoms with Crippen molar-refractivity contribution in [2.24, 2.45) is 0 Å². The normalized spacial score (nSPS) is 12.2. The Morgan fingerprint density at radius 2 is 1.29 bits per heavy atom. The van der Waals surface area contributed by atoms with E-state index in [9.17, 15) is 24.3 Å². The Labute approximate surface area is 206 Å². The fraction of sp³-hybridized carbons (Fsp3) is 0.154. The molecule has 0 unspecified atom stereocenters. The van der Waals surface area contributed by atoms with Crippen LogP contribution in [0, 0.1) is 13.8 Å². The summed E-state index contributed by atoms with van der Waals surface area (Å²) in [6.45, 7) is 3.50. The first-order chi connectivity index (χ1) is 16.7. The molecule has 0 radical (unpaired) electrons. The van der Waals surface area contributed by atoms with E-state index in [1.165, 1.54) is 36.4 Å². The van der Waals surface area contributed by atoms with Crippen LogP contribution in [0.5, 0.6) is 0 Å². The number of halogens is 1. The van der Waals surface area contributed by atoms with Gasteiger partial charge in [-0.05, 0) is 50.2 Å². The molecule has 2 atom stereocenters. The van der Waals surface area contributed by atoms with Crippen molar-refractivity contribution < 1.29 is 33.8 Å². The molecule has 3 aromatic rings. The maximum absolute atomic E-state index is 13.1. The molecule has 9 heteroatoms. The van der Waals surface area contributed by atoms with Gasteiger partial charge in [-0.25, -0.2) is 14.4 Å². The van der Waals surface area contributed by atoms with E-state index in [2.05, 4.69) is 5.32 Å². The molecule has 0 aliphatic heterocycles. The molecule has 0 heterocycles. The van der Waals surface area contributed by atoms with Crippen molar-refractivity contribution >= 4 is 41.1 Å². The smallest absolute Gasteiger partial charge is 0.349 e. The quantitative estimate of drug-likeness (QED) is 0.443. The van der Waals surface area contributed by atoms with E-state index in [-0.39, 0.29) is 21.8 Å². The number of para-hydroxylation sites is 1. The number of anilines is 1. The zero-order valence-corrected chi connectivity index (χ0v) is 19.6. The van der Waals surface area contributed by atoms with Crippen molar-refractivity contribution in [2.45, 2.75) is 26.1 Å². The summed E-state index contributed by atoms with van der Waals surface area (Å²) >= 11 is 6.09. The lowest BCUT2D eigenvalue weighted by Gasteiger charge is -2.24. The zero-order valence-electron chi connectivity index (χ0n) is 18.9. The Morgan fingerprint density at radius 3 is 1.77 bits per heavy atom. The Kier molecular flexibility index (Phi) is 8.22. The molecular weight excluding hydrogens is 474 g/mol. The third-order valence-corrected chi connectivity index (χ3v) is 5.21. The molecule has 180 valence electrons. The van der Waals surface area contributed by atoms with Crippen LogP contribution >= 0.6 is 11.6 Å². The van der Waals surface area contributed by atoms with Crippen LogP contribution in [0.25, 0.3) is 0 Å². The summed E-state index contributed by atoms with van der Waals surface area (Å²) < 4.78 is 10.5. The number of hydrogen-bond acceptors (Lipinski definition) is 6. The second-order valence-electron chi connectivity index (χ2n) is 7.70. The van der Waals surface area contributed by atoms with Crippen LogP contribution < -0.4 is 5.32 Å². The molecule has 0 saturated heterocycles. The average Bonchev–Trinajstić information content (AvgIpc) is 2.82. The highest BCUT2D eigenvalue weighted by Crippen LogP contribution is 2.22. The minimum absolute atomic E-state index is 0.0755. The van der Waals surface area contributed by atoms with Gasteiger partial charge in [-0.2, -0.15) is 0 Å². The summed E-state index contributed by atoms with van der Waals surface area (Å²) in [5.74, 6) is -4.68. The van der Waals surface area contributed by atoms with E-state index in [0.29, 0.717) is 0 Å². The van der Waals surface area contributed by atoms with E-state index in [0.717, 1.165) is 11.1 Å². The van der Waals surface area contributed by atoms with Gasteiger partial charge in [0.1, 0.15) is 0 Å². The summed E-state index contributed by atoms with van der Waals surface area (Å²) in [5, 5.41) is 12.4. The summed E-state index contributed by atoms with van der Waals surface area (Å²) in [5.41, 5.74) is 1.81. The standard InChI is InChI=1S/C26H22ClNO7/c1-15-7-5-9-17(13-15)25(32)34-21(23(29)28-20-12-4-3-11-19(20)27)22(24(30)31)35-26(33)18-10-6-8-16(2)14-18/h3-14,21-22H,1-2H3,(H,28,29)(H,30,31)/t21-,22-/m1/s1. The number of amides is 1. The average molecular weight is 496 g/mol. The van der Waals surface area contributed by atoms with Gasteiger partial charge in [0, 0.05) is 0 Å². The zero-order chi connectivity index (χ0) is 25.5. The Bertz CT molecular complexity index is 1270. The van der Waals surface area contributed by atoms with Crippen LogP contribution in [0.2, 0.25) is 5.02 Å². The molecule has 8 nitrogen and oxygen atoms in total. The largest absolute Gasteiger partial charge is 0.478 e. The Hall–Kier alpha value is -4.17. The number of aryl methyl sites for hydroxylation is 2. The van der Waals surface area contributed by atoms with E-state index in [4.69, 9.17) is 21.1 Å². The van der Waals surface area contributed by atoms with E-state index < -0.39 is 36.0 Å². The van der Waals surface area contributed by atoms with Crippen LogP contribution in [0.15, 0.2) is 72.8 Å². The maximum Gasteiger partial charge on any atom is 0.349 e. The number of nitrogens with one attached hydrogen (secondary N) is 1. The highest BCUT2D eigenvalue weighted by atomic mass is 35.5. The molecule has 0 aliphatic carbocycles. The van der Waals surface area contributed by atoms with Crippen molar-refractivity contribution in [2.75, 3.05) is 5.32 Å². The summed E-state index contributed by atoms with van der Waals surface area (Å²) in [6, 6.07) is 18.8. The van der Waals surface area contributed by atoms with Gasteiger partial charge in [-0.3, -0.25) is 4.79 Å². The maximum atomic E-state index is 13.1. The fourth-order valence-corrected chi connectivity index (χ4v) is 3.35. The van der Waals surface area contributed by atoms with Gasteiger partial charge in [-0.15, -0.1) is 0 Å². The SMILES string of the molecule is Cc1cccc(C(=O)O[C@@H](C(=O)O)[C@@H](OC(=O)c2cccc(C)c2)C(=O)Nc2ccccc2Cl)c1. The first-order valence-corrected chi connectivity index (χ1v) is 10.9. The highest BCUT2D eigenvalue weighted by molar-refractivity contribution is 6.33. The predicted molar refractivity (Wildman–Crippen MR) is 128 cm³/mol. The van der Waals surface area contributed by atoms with Crippen LogP contribution in [0.4, 0.5) is 5.69 Å². The molecule has 3 aromatic carbocycles. The van der Waals surface area contributed by atoms with Crippen molar-refractivity contribution in [1.82, 2.24) is 0 Å². The minimum Gasteiger partial charge on any atom is -0.478 e. The molecule has 0 aromatic heterocycles. The van der Waals surface area contributed by atoms with Gasteiger partial charge < -0.3 is 19.9 Å². The predicted octanol–water partition coefficient (Wildman–Crippen LogP) is 4.43. The summed E-state index contributed by atoms with van der Waals surface area (Å²) in [6.07, 6.45) is -4.16. The van der Waals surface area contributed by atoms with E-state index in [1.54, 1.807) is 50.2 Å². The van der Waals surface area contributed by atoms with Crippen LogP contribution in [-0.2, 0) is 19.1 Å². The molecule has 0 saturated carbocycles. The van der Waals surface area contributed by atoms with Gasteiger partial charge in [0.2, 0.25) is 12.2 Å². The number of ether oxygens (including phenoxy) is 2. The second-order valence-corrected chi connectivity index (χ2v) is 8.11. The number of hydrogen-bond donors (Lipinski definition) is 2. The number of aliphatic carboxylic acids is 1. The molecule has 0 fully saturated rings. The molecular formula is C26H22ClNO7. The fourth-order valence-electron chi connectivity index (χ4n) is 3.17. The van der Waals surface area contributed by atoms with Crippen molar-refractivity contribution in [3.63, 3.8) is 0 Å². The summed E-state index contributed by atoms with van der Waals surface area (Å²) in [7, 11) is 0. The van der Waals surface area contributed by atoms with E-state index in [1.807, 2.05) is 0 Å². The number of carboxylic acid groups (broad SMARTS) is 1. The van der Waals surface area contributed by atoms with Crippen molar-refractivity contribution in [3.8, 4) is 0 Å².